The molecule has 31 heavy (non-hydrogen) atoms. The predicted molar refractivity (Wildman–Crippen MR) is 138 cm³/mol. The first-order valence-electron chi connectivity index (χ1n) is 10.2. The lowest BCUT2D eigenvalue weighted by molar-refractivity contribution is -0.119. The van der Waals surface area contributed by atoms with Gasteiger partial charge in [0.25, 0.3) is 0 Å². The average molecular weight is 540 g/mol. The molecule has 0 heterocycles. The Morgan fingerprint density at radius 3 is 2.45 bits per heavy atom. The lowest BCUT2D eigenvalue weighted by Crippen LogP contribution is -2.30. The number of ether oxygens (including phenoxy) is 2. The summed E-state index contributed by atoms with van der Waals surface area (Å²) in [6.07, 6.45) is 0.811. The average Bonchev–Trinajstić information content (AvgIpc) is 2.76. The zero-order valence-corrected chi connectivity index (χ0v) is 21.2. The predicted octanol–water partition coefficient (Wildman–Crippen LogP) is 4.88. The molecule has 0 aliphatic carbocycles. The number of guanidine groups is 1. The van der Waals surface area contributed by atoms with Crippen molar-refractivity contribution in [1.29, 1.82) is 0 Å². The van der Waals surface area contributed by atoms with E-state index in [2.05, 4.69) is 20.9 Å². The van der Waals surface area contributed by atoms with Crippen molar-refractivity contribution in [2.75, 3.05) is 31.4 Å². The third-order valence-electron chi connectivity index (χ3n) is 4.66. The zero-order chi connectivity index (χ0) is 21.9. The maximum atomic E-state index is 12.1. The smallest absolute Gasteiger partial charge is 0.227 e. The highest BCUT2D eigenvalue weighted by molar-refractivity contribution is 14.0. The molecule has 170 valence electrons. The van der Waals surface area contributed by atoms with Crippen LogP contribution >= 0.6 is 24.0 Å². The number of hydrogen-bond acceptors (Lipinski definition) is 4. The highest BCUT2D eigenvalue weighted by Crippen LogP contribution is 2.30. The van der Waals surface area contributed by atoms with Crippen LogP contribution in [-0.4, -0.2) is 32.6 Å². The number of aliphatic imine (C=N–C) groups is 1. The van der Waals surface area contributed by atoms with E-state index in [1.807, 2.05) is 63.2 Å². The van der Waals surface area contributed by atoms with E-state index in [1.54, 1.807) is 14.2 Å². The Kier molecular flexibility index (Phi) is 11.8. The summed E-state index contributed by atoms with van der Waals surface area (Å²) in [7, 11) is 3.33. The van der Waals surface area contributed by atoms with E-state index in [0.29, 0.717) is 30.6 Å². The van der Waals surface area contributed by atoms with E-state index in [4.69, 9.17) is 9.47 Å². The molecule has 0 saturated heterocycles. The van der Waals surface area contributed by atoms with E-state index in [-0.39, 0.29) is 35.8 Å². The minimum atomic E-state index is -0.0131. The van der Waals surface area contributed by atoms with Crippen molar-refractivity contribution in [3.05, 3.63) is 48.0 Å². The molecule has 0 saturated carbocycles. The first-order valence-corrected chi connectivity index (χ1v) is 10.2. The zero-order valence-electron chi connectivity index (χ0n) is 18.8. The van der Waals surface area contributed by atoms with Gasteiger partial charge in [0.05, 0.1) is 13.7 Å². The molecule has 8 heteroatoms. The number of hydrogen-bond donors (Lipinski definition) is 3. The molecule has 1 unspecified atom stereocenters. The summed E-state index contributed by atoms with van der Waals surface area (Å²) >= 11 is 0. The fourth-order valence-electron chi connectivity index (χ4n) is 2.73. The number of amides is 1. The normalized spacial score (nSPS) is 11.7. The number of benzene rings is 2. The monoisotopic (exact) mass is 540 g/mol. The van der Waals surface area contributed by atoms with Gasteiger partial charge in [-0.1, -0.05) is 26.0 Å². The summed E-state index contributed by atoms with van der Waals surface area (Å²) in [5, 5.41) is 9.50. The van der Waals surface area contributed by atoms with Gasteiger partial charge >= 0.3 is 0 Å². The van der Waals surface area contributed by atoms with Crippen LogP contribution in [0.1, 0.15) is 32.8 Å². The SMILES string of the molecule is CCOc1cc(NC(=NC)NCc2cccc(NC(=O)C(C)CC)c2)ccc1OC.I. The summed E-state index contributed by atoms with van der Waals surface area (Å²) in [5.41, 5.74) is 2.66. The Morgan fingerprint density at radius 1 is 1.06 bits per heavy atom. The minimum absolute atomic E-state index is 0. The van der Waals surface area contributed by atoms with Crippen LogP contribution in [-0.2, 0) is 11.3 Å². The van der Waals surface area contributed by atoms with Crippen LogP contribution < -0.4 is 25.4 Å². The van der Waals surface area contributed by atoms with Gasteiger partial charge in [-0.3, -0.25) is 9.79 Å². The van der Waals surface area contributed by atoms with Gasteiger partial charge in [0, 0.05) is 37.0 Å². The van der Waals surface area contributed by atoms with Crippen molar-refractivity contribution in [2.45, 2.75) is 33.7 Å². The number of anilines is 2. The van der Waals surface area contributed by atoms with E-state index in [1.165, 1.54) is 0 Å². The molecular formula is C23H33IN4O3. The lowest BCUT2D eigenvalue weighted by atomic mass is 10.1. The molecule has 7 nitrogen and oxygen atoms in total. The summed E-state index contributed by atoms with van der Waals surface area (Å²) in [6.45, 7) is 6.97. The molecule has 1 atom stereocenters. The number of carbonyl (C=O) groups is 1. The second-order valence-corrected chi connectivity index (χ2v) is 6.85. The van der Waals surface area contributed by atoms with Crippen LogP contribution in [0.3, 0.4) is 0 Å². The van der Waals surface area contributed by atoms with Crippen LogP contribution in [0.25, 0.3) is 0 Å². The van der Waals surface area contributed by atoms with Crippen molar-refractivity contribution in [3.8, 4) is 11.5 Å². The topological polar surface area (TPSA) is 84.0 Å². The Labute approximate surface area is 202 Å². The highest BCUT2D eigenvalue weighted by Gasteiger charge is 2.11. The molecule has 2 rings (SSSR count). The maximum absolute atomic E-state index is 12.1. The number of nitrogens with zero attached hydrogens (tertiary/aromatic N) is 1. The molecule has 0 aliphatic heterocycles. The van der Waals surface area contributed by atoms with E-state index >= 15 is 0 Å². The van der Waals surface area contributed by atoms with Crippen LogP contribution in [0.5, 0.6) is 11.5 Å². The summed E-state index contributed by atoms with van der Waals surface area (Å²) in [5.74, 6) is 1.99. The maximum Gasteiger partial charge on any atom is 0.227 e. The van der Waals surface area contributed by atoms with Gasteiger partial charge in [-0.25, -0.2) is 0 Å². The molecule has 0 fully saturated rings. The molecule has 2 aromatic carbocycles. The standard InChI is InChI=1S/C23H32N4O3.HI/c1-6-16(3)22(28)26-18-10-8-9-17(13-18)15-25-23(24-4)27-19-11-12-20(29-5)21(14-19)30-7-2;/h8-14,16H,6-7,15H2,1-5H3,(H,26,28)(H2,24,25,27);1H. The van der Waals surface area contributed by atoms with Crippen LogP contribution in [0.15, 0.2) is 47.5 Å². The number of halogens is 1. The van der Waals surface area contributed by atoms with Gasteiger partial charge in [0.1, 0.15) is 0 Å². The molecule has 0 bridgehead atoms. The largest absolute Gasteiger partial charge is 0.493 e. The highest BCUT2D eigenvalue weighted by atomic mass is 127. The van der Waals surface area contributed by atoms with Gasteiger partial charge in [0.2, 0.25) is 5.91 Å². The molecule has 0 aromatic heterocycles. The van der Waals surface area contributed by atoms with E-state index < -0.39 is 0 Å². The number of methoxy groups -OCH3 is 1. The molecule has 0 spiro atoms. The third kappa shape index (κ3) is 8.28. The van der Waals surface area contributed by atoms with Gasteiger partial charge in [-0.15, -0.1) is 24.0 Å². The second-order valence-electron chi connectivity index (χ2n) is 6.85. The fourth-order valence-corrected chi connectivity index (χ4v) is 2.73. The number of carbonyl (C=O) groups excluding carboxylic acids is 1. The third-order valence-corrected chi connectivity index (χ3v) is 4.66. The van der Waals surface area contributed by atoms with Crippen molar-refractivity contribution in [1.82, 2.24) is 5.32 Å². The fraction of sp³-hybridized carbons (Fsp3) is 0.391. The summed E-state index contributed by atoms with van der Waals surface area (Å²) in [4.78, 5) is 16.4. The summed E-state index contributed by atoms with van der Waals surface area (Å²) in [6, 6.07) is 13.4. The molecule has 3 N–H and O–H groups in total. The molecule has 0 radical (unpaired) electrons. The van der Waals surface area contributed by atoms with Crippen LogP contribution in [0, 0.1) is 5.92 Å². The lowest BCUT2D eigenvalue weighted by Gasteiger charge is -2.15. The van der Waals surface area contributed by atoms with Crippen LogP contribution in [0.4, 0.5) is 11.4 Å². The van der Waals surface area contributed by atoms with Gasteiger partial charge < -0.3 is 25.4 Å². The van der Waals surface area contributed by atoms with Crippen LogP contribution in [0.2, 0.25) is 0 Å². The Balaban J connectivity index is 0.00000480. The van der Waals surface area contributed by atoms with Crippen molar-refractivity contribution in [2.24, 2.45) is 10.9 Å². The van der Waals surface area contributed by atoms with Gasteiger partial charge in [-0.2, -0.15) is 0 Å². The Morgan fingerprint density at radius 2 is 1.81 bits per heavy atom. The minimum Gasteiger partial charge on any atom is -0.493 e. The summed E-state index contributed by atoms with van der Waals surface area (Å²) < 4.78 is 10.9. The first-order chi connectivity index (χ1) is 14.5. The van der Waals surface area contributed by atoms with E-state index in [9.17, 15) is 4.79 Å². The Hall–Kier alpha value is -2.49. The molecule has 2 aromatic rings. The van der Waals surface area contributed by atoms with Gasteiger partial charge in [0.15, 0.2) is 17.5 Å². The first kappa shape index (κ1) is 26.5. The van der Waals surface area contributed by atoms with Gasteiger partial charge in [-0.05, 0) is 43.2 Å². The molecular weight excluding hydrogens is 507 g/mol. The molecule has 0 aliphatic rings. The quantitative estimate of drug-likeness (QED) is 0.240. The van der Waals surface area contributed by atoms with E-state index in [0.717, 1.165) is 23.4 Å². The number of rotatable bonds is 9. The van der Waals surface area contributed by atoms with Crippen molar-refractivity contribution in [3.63, 3.8) is 0 Å². The van der Waals surface area contributed by atoms with Crippen molar-refractivity contribution < 1.29 is 14.3 Å². The van der Waals surface area contributed by atoms with Crippen molar-refractivity contribution >= 4 is 47.2 Å². The number of nitrogens with one attached hydrogen (secondary N) is 3. The Bertz CT molecular complexity index is 874. The second kappa shape index (κ2) is 13.7. The molecule has 1 amide bonds.